The highest BCUT2D eigenvalue weighted by atomic mass is 19.1. The van der Waals surface area contributed by atoms with Crippen molar-refractivity contribution in [2.45, 2.75) is 20.8 Å². The molecule has 0 spiro atoms. The van der Waals surface area contributed by atoms with Gasteiger partial charge in [-0.05, 0) is 73.9 Å². The van der Waals surface area contributed by atoms with E-state index < -0.39 is 17.5 Å². The molecule has 0 N–H and O–H groups in total. The first-order valence-corrected chi connectivity index (χ1v) is 7.95. The van der Waals surface area contributed by atoms with Crippen LogP contribution in [0.15, 0.2) is 54.6 Å². The molecule has 25 heavy (non-hydrogen) atoms. The van der Waals surface area contributed by atoms with E-state index in [1.54, 1.807) is 39.0 Å². The van der Waals surface area contributed by atoms with Crippen molar-refractivity contribution in [3.63, 3.8) is 0 Å². The highest BCUT2D eigenvalue weighted by Crippen LogP contribution is 2.39. The molecular weight excluding hydrogens is 323 g/mol. The standard InChI is InChI=1S/C21H18F3N/c1-13-4-7-19(16(22)10-13)25(20-8-5-14(2)11-17(20)23)21-9-6-15(3)12-18(21)24/h4-12H,1-3H3. The SMILES string of the molecule is Cc1ccc(N(c2ccc(C)cc2F)c2ccc(C)cc2F)c(F)c1. The normalized spacial score (nSPS) is 10.8. The van der Waals surface area contributed by atoms with Crippen molar-refractivity contribution in [1.82, 2.24) is 0 Å². The lowest BCUT2D eigenvalue weighted by Gasteiger charge is -2.27. The minimum absolute atomic E-state index is 0.0936. The molecule has 3 aromatic rings. The molecule has 0 saturated carbocycles. The molecule has 3 rings (SSSR count). The molecule has 4 heteroatoms. The van der Waals surface area contributed by atoms with E-state index in [4.69, 9.17) is 0 Å². The van der Waals surface area contributed by atoms with Gasteiger partial charge in [0.1, 0.15) is 17.5 Å². The van der Waals surface area contributed by atoms with Gasteiger partial charge >= 0.3 is 0 Å². The fraction of sp³-hybridized carbons (Fsp3) is 0.143. The first-order valence-electron chi connectivity index (χ1n) is 7.95. The van der Waals surface area contributed by atoms with Crippen LogP contribution in [0.2, 0.25) is 0 Å². The van der Waals surface area contributed by atoms with E-state index >= 15 is 0 Å². The van der Waals surface area contributed by atoms with Gasteiger partial charge in [-0.3, -0.25) is 0 Å². The van der Waals surface area contributed by atoms with E-state index in [9.17, 15) is 13.2 Å². The molecule has 0 aliphatic carbocycles. The minimum Gasteiger partial charge on any atom is -0.302 e. The number of anilines is 3. The van der Waals surface area contributed by atoms with Crippen molar-refractivity contribution in [2.75, 3.05) is 4.90 Å². The lowest BCUT2D eigenvalue weighted by molar-refractivity contribution is 0.609. The second-order valence-corrected chi connectivity index (χ2v) is 6.20. The number of aryl methyl sites for hydroxylation is 3. The van der Waals surface area contributed by atoms with Gasteiger partial charge in [0.15, 0.2) is 0 Å². The fourth-order valence-corrected chi connectivity index (χ4v) is 2.77. The van der Waals surface area contributed by atoms with Gasteiger partial charge in [-0.2, -0.15) is 0 Å². The molecular formula is C21H18F3N. The number of hydrogen-bond donors (Lipinski definition) is 0. The van der Waals surface area contributed by atoms with E-state index in [0.717, 1.165) is 16.7 Å². The highest BCUT2D eigenvalue weighted by Gasteiger charge is 2.22. The van der Waals surface area contributed by atoms with Crippen LogP contribution in [-0.4, -0.2) is 0 Å². The Labute approximate surface area is 145 Å². The average molecular weight is 341 g/mol. The number of rotatable bonds is 3. The molecule has 0 fully saturated rings. The number of nitrogens with zero attached hydrogens (tertiary/aromatic N) is 1. The lowest BCUT2D eigenvalue weighted by atomic mass is 10.1. The summed E-state index contributed by atoms with van der Waals surface area (Å²) in [6.07, 6.45) is 0. The fourth-order valence-electron chi connectivity index (χ4n) is 2.77. The van der Waals surface area contributed by atoms with E-state index in [2.05, 4.69) is 0 Å². The summed E-state index contributed by atoms with van der Waals surface area (Å²) in [6, 6.07) is 13.8. The van der Waals surface area contributed by atoms with Gasteiger partial charge in [0.2, 0.25) is 0 Å². The predicted octanol–water partition coefficient (Wildman–Crippen LogP) is 6.50. The van der Waals surface area contributed by atoms with Crippen molar-refractivity contribution in [3.8, 4) is 0 Å². The maximum Gasteiger partial charge on any atom is 0.147 e. The quantitative estimate of drug-likeness (QED) is 0.525. The summed E-state index contributed by atoms with van der Waals surface area (Å²) in [7, 11) is 0. The molecule has 128 valence electrons. The molecule has 0 atom stereocenters. The summed E-state index contributed by atoms with van der Waals surface area (Å²) >= 11 is 0. The molecule has 0 aliphatic heterocycles. The maximum atomic E-state index is 14.6. The topological polar surface area (TPSA) is 3.24 Å². The van der Waals surface area contributed by atoms with Crippen LogP contribution in [0.5, 0.6) is 0 Å². The zero-order valence-corrected chi connectivity index (χ0v) is 14.3. The third-order valence-corrected chi connectivity index (χ3v) is 4.03. The molecule has 0 bridgehead atoms. The monoisotopic (exact) mass is 341 g/mol. The summed E-state index contributed by atoms with van der Waals surface area (Å²) in [5, 5.41) is 0. The Morgan fingerprint density at radius 3 is 1.04 bits per heavy atom. The van der Waals surface area contributed by atoms with Crippen LogP contribution in [-0.2, 0) is 0 Å². The van der Waals surface area contributed by atoms with Crippen molar-refractivity contribution in [1.29, 1.82) is 0 Å². The summed E-state index contributed by atoms with van der Waals surface area (Å²) in [6.45, 7) is 5.28. The van der Waals surface area contributed by atoms with Crippen LogP contribution in [0.4, 0.5) is 30.2 Å². The second-order valence-electron chi connectivity index (χ2n) is 6.20. The second kappa shape index (κ2) is 6.63. The van der Waals surface area contributed by atoms with Crippen molar-refractivity contribution < 1.29 is 13.2 Å². The van der Waals surface area contributed by atoms with Crippen LogP contribution >= 0.6 is 0 Å². The van der Waals surface area contributed by atoms with Gasteiger partial charge in [-0.25, -0.2) is 13.2 Å². The molecule has 0 aliphatic rings. The summed E-state index contributed by atoms with van der Waals surface area (Å²) in [4.78, 5) is 1.28. The zero-order valence-electron chi connectivity index (χ0n) is 14.3. The van der Waals surface area contributed by atoms with Gasteiger partial charge < -0.3 is 4.90 Å². The van der Waals surface area contributed by atoms with E-state index in [0.29, 0.717) is 0 Å². The number of halogens is 3. The summed E-state index contributed by atoms with van der Waals surface area (Å²) in [5.41, 5.74) is 2.48. The van der Waals surface area contributed by atoms with Crippen molar-refractivity contribution >= 4 is 17.1 Å². The minimum atomic E-state index is -0.542. The Balaban J connectivity index is 2.27. The zero-order chi connectivity index (χ0) is 18.1. The average Bonchev–Trinajstić information content (AvgIpc) is 2.52. The number of benzene rings is 3. The third-order valence-electron chi connectivity index (χ3n) is 4.03. The first kappa shape index (κ1) is 17.1. The molecule has 0 amide bonds. The Morgan fingerprint density at radius 1 is 0.520 bits per heavy atom. The Kier molecular flexibility index (Phi) is 4.53. The van der Waals surface area contributed by atoms with Gasteiger partial charge in [-0.15, -0.1) is 0 Å². The predicted molar refractivity (Wildman–Crippen MR) is 95.2 cm³/mol. The van der Waals surface area contributed by atoms with Crippen molar-refractivity contribution in [3.05, 3.63) is 88.7 Å². The Bertz CT molecular complexity index is 812. The van der Waals surface area contributed by atoms with Crippen LogP contribution in [0.25, 0.3) is 0 Å². The van der Waals surface area contributed by atoms with E-state index in [1.807, 2.05) is 0 Å². The smallest absolute Gasteiger partial charge is 0.147 e. The van der Waals surface area contributed by atoms with Gasteiger partial charge in [0.25, 0.3) is 0 Å². The molecule has 0 saturated heterocycles. The number of hydrogen-bond acceptors (Lipinski definition) is 1. The maximum absolute atomic E-state index is 14.6. The highest BCUT2D eigenvalue weighted by molar-refractivity contribution is 5.77. The van der Waals surface area contributed by atoms with Crippen LogP contribution in [0, 0.1) is 38.2 Å². The molecule has 1 nitrogen and oxygen atoms in total. The summed E-state index contributed by atoms with van der Waals surface area (Å²) in [5.74, 6) is -1.63. The third kappa shape index (κ3) is 3.38. The lowest BCUT2D eigenvalue weighted by Crippen LogP contribution is -2.15. The molecule has 0 heterocycles. The Morgan fingerprint density at radius 2 is 0.800 bits per heavy atom. The molecule has 3 aromatic carbocycles. The van der Waals surface area contributed by atoms with Gasteiger partial charge in [0, 0.05) is 0 Å². The Hall–Kier alpha value is -2.75. The van der Waals surface area contributed by atoms with Crippen LogP contribution in [0.1, 0.15) is 16.7 Å². The van der Waals surface area contributed by atoms with Gasteiger partial charge in [-0.1, -0.05) is 18.2 Å². The van der Waals surface area contributed by atoms with Crippen LogP contribution in [0.3, 0.4) is 0 Å². The van der Waals surface area contributed by atoms with E-state index in [1.165, 1.54) is 41.3 Å². The first-order chi connectivity index (χ1) is 11.9. The molecule has 0 unspecified atom stereocenters. The largest absolute Gasteiger partial charge is 0.302 e. The summed E-state index contributed by atoms with van der Waals surface area (Å²) < 4.78 is 43.8. The molecule has 0 radical (unpaired) electrons. The van der Waals surface area contributed by atoms with Crippen molar-refractivity contribution in [2.24, 2.45) is 0 Å². The van der Waals surface area contributed by atoms with Gasteiger partial charge in [0.05, 0.1) is 17.1 Å². The van der Waals surface area contributed by atoms with Crippen LogP contribution < -0.4 is 4.90 Å². The molecule has 0 aromatic heterocycles. The van der Waals surface area contributed by atoms with E-state index in [-0.39, 0.29) is 17.1 Å².